The third-order valence-electron chi connectivity index (χ3n) is 4.80. The maximum absolute atomic E-state index is 13.7. The van der Waals surface area contributed by atoms with Gasteiger partial charge in [-0.3, -0.25) is 4.79 Å². The highest BCUT2D eigenvalue weighted by Crippen LogP contribution is 2.66. The Morgan fingerprint density at radius 3 is 1.05 bits per heavy atom. The number of nitrogens with one attached hydrogen (secondary N) is 1. The lowest BCUT2D eigenvalue weighted by Gasteiger charge is -2.44. The van der Waals surface area contributed by atoms with E-state index < -0.39 is 83.5 Å². The van der Waals surface area contributed by atoms with E-state index in [1.807, 2.05) is 0 Å². The van der Waals surface area contributed by atoms with Crippen LogP contribution in [0, 0.1) is 5.92 Å². The van der Waals surface area contributed by atoms with Gasteiger partial charge >= 0.3 is 58.7 Å². The van der Waals surface area contributed by atoms with E-state index in [2.05, 4.69) is 11.6 Å². The molecule has 0 saturated carbocycles. The van der Waals surface area contributed by atoms with Gasteiger partial charge in [0, 0.05) is 6.54 Å². The maximum atomic E-state index is 13.7. The van der Waals surface area contributed by atoms with Crippen molar-refractivity contribution in [2.75, 3.05) is 6.54 Å². The first-order chi connectivity index (χ1) is 16.6. The Labute approximate surface area is 208 Å². The first-order valence-corrected chi connectivity index (χ1v) is 9.72. The molecule has 0 aromatic rings. The number of rotatable bonds is 13. The largest absolute Gasteiger partial charge is 0.393 e. The molecule has 0 aliphatic rings. The topological polar surface area (TPSA) is 29.1 Å². The van der Waals surface area contributed by atoms with E-state index in [-0.39, 0.29) is 0 Å². The van der Waals surface area contributed by atoms with Gasteiger partial charge in [0.25, 0.3) is 5.91 Å². The Kier molecular flexibility index (Phi) is 9.60. The third-order valence-corrected chi connectivity index (χ3v) is 5.04. The number of hydrogen-bond donors (Lipinski definition) is 1. The Morgan fingerprint density at radius 2 is 0.795 bits per heavy atom. The van der Waals surface area contributed by atoms with E-state index in [0.29, 0.717) is 0 Å². The molecule has 0 aromatic heterocycles. The maximum Gasteiger partial charge on any atom is 0.393 e. The van der Waals surface area contributed by atoms with Gasteiger partial charge in [0.2, 0.25) is 0 Å². The number of carbonyl (C=O) groups excluding carboxylic acids is 1. The van der Waals surface area contributed by atoms with Gasteiger partial charge in [0.15, 0.2) is 0 Å². The van der Waals surface area contributed by atoms with Crippen LogP contribution in [0.25, 0.3) is 0 Å². The van der Waals surface area contributed by atoms with Gasteiger partial charge in [-0.25, -0.2) is 0 Å². The Hall–Kier alpha value is -1.64. The lowest BCUT2D eigenvalue weighted by atomic mass is 9.86. The predicted octanol–water partition coefficient (Wildman–Crippen LogP) is 7.70. The molecule has 0 saturated heterocycles. The van der Waals surface area contributed by atoms with Crippen LogP contribution < -0.4 is 5.32 Å². The minimum Gasteiger partial charge on any atom is -0.351 e. The second-order valence-electron chi connectivity index (χ2n) is 8.11. The molecule has 23 heteroatoms. The fourth-order valence-corrected chi connectivity index (χ4v) is 2.40. The highest BCUT2D eigenvalue weighted by molar-refractivity contribution is 6.22. The molecule has 39 heavy (non-hydrogen) atoms. The van der Waals surface area contributed by atoms with E-state index in [9.17, 15) is 92.6 Å². The minimum absolute atomic E-state index is 0.403. The number of hydrogen-bond acceptors (Lipinski definition) is 1. The third kappa shape index (κ3) is 5.14. The van der Waals surface area contributed by atoms with Crippen molar-refractivity contribution in [2.24, 2.45) is 5.92 Å². The van der Waals surface area contributed by atoms with Crippen LogP contribution in [0.15, 0.2) is 0 Å². The SMILES string of the molecule is CC(C)CCNC(=O)C(F)(F)C(F)(F)C(F)(F)C(F)(F)C(F)(F)C(F)(F)C(F)(F)C(F)(F)C(F)(F)C(F)(F)Cl. The lowest BCUT2D eigenvalue weighted by Crippen LogP contribution is -2.77. The molecule has 1 N–H and O–H groups in total. The van der Waals surface area contributed by atoms with Crippen molar-refractivity contribution in [3.8, 4) is 0 Å². The molecule has 0 fully saturated rings. The second kappa shape index (κ2) is 10.0. The zero-order valence-corrected chi connectivity index (χ0v) is 19.1. The molecule has 0 aliphatic carbocycles. The van der Waals surface area contributed by atoms with E-state index in [0.717, 1.165) is 5.32 Å². The summed E-state index contributed by atoms with van der Waals surface area (Å²) in [6, 6.07) is 0. The molecule has 1 amide bonds. The number of carbonyl (C=O) groups is 1. The number of halogens is 21. The normalized spacial score (nSPS) is 16.1. The minimum atomic E-state index is -9.15. The van der Waals surface area contributed by atoms with Crippen molar-refractivity contribution >= 4 is 17.5 Å². The summed E-state index contributed by atoms with van der Waals surface area (Å²) in [5.74, 6) is -81.4. The van der Waals surface area contributed by atoms with Gasteiger partial charge in [-0.05, 0) is 23.9 Å². The fourth-order valence-electron chi connectivity index (χ4n) is 2.29. The zero-order valence-electron chi connectivity index (χ0n) is 18.3. The van der Waals surface area contributed by atoms with Gasteiger partial charge in [-0.1, -0.05) is 13.8 Å². The first-order valence-electron chi connectivity index (χ1n) is 9.34. The zero-order chi connectivity index (χ0) is 32.3. The standard InChI is InChI=1S/C16H12ClF20NO/c1-5(2)3-4-38-6(39)7(18,19)8(20,21)9(22,23)10(24,25)11(26,27)12(28,29)13(30,31)14(32,33)15(34,35)16(17,36)37/h5H,3-4H2,1-2H3,(H,38,39). The molecular formula is C16H12ClF20NO. The van der Waals surface area contributed by atoms with Crippen LogP contribution in [0.3, 0.4) is 0 Å². The molecule has 0 bridgehead atoms. The van der Waals surface area contributed by atoms with Crippen molar-refractivity contribution in [2.45, 2.75) is 79.0 Å². The Morgan fingerprint density at radius 1 is 0.538 bits per heavy atom. The molecule has 0 rings (SSSR count). The van der Waals surface area contributed by atoms with Crippen molar-refractivity contribution in [1.82, 2.24) is 5.32 Å². The van der Waals surface area contributed by atoms with Crippen LogP contribution in [0.4, 0.5) is 87.8 Å². The molecule has 234 valence electrons. The van der Waals surface area contributed by atoms with Gasteiger partial charge < -0.3 is 5.32 Å². The molecule has 0 radical (unpaired) electrons. The second-order valence-corrected chi connectivity index (χ2v) is 8.58. The molecule has 0 unspecified atom stereocenters. The van der Waals surface area contributed by atoms with Gasteiger partial charge in [0.05, 0.1) is 0 Å². The van der Waals surface area contributed by atoms with Crippen molar-refractivity contribution in [3.05, 3.63) is 0 Å². The lowest BCUT2D eigenvalue weighted by molar-refractivity contribution is -0.464. The highest BCUT2D eigenvalue weighted by Gasteiger charge is 2.97. The van der Waals surface area contributed by atoms with E-state index in [1.165, 1.54) is 13.8 Å². The molecule has 0 aromatic carbocycles. The summed E-state index contributed by atoms with van der Waals surface area (Å²) in [7, 11) is 0. The van der Waals surface area contributed by atoms with Gasteiger partial charge in [-0.15, -0.1) is 0 Å². The van der Waals surface area contributed by atoms with Crippen LogP contribution in [0.1, 0.15) is 20.3 Å². The highest BCUT2D eigenvalue weighted by atomic mass is 35.5. The monoisotopic (exact) mass is 649 g/mol. The summed E-state index contributed by atoms with van der Waals surface area (Å²) in [6.07, 6.45) is -0.403. The summed E-state index contributed by atoms with van der Waals surface area (Å²) >= 11 is 3.32. The van der Waals surface area contributed by atoms with Crippen LogP contribution >= 0.6 is 11.6 Å². The van der Waals surface area contributed by atoms with Crippen LogP contribution in [-0.2, 0) is 4.79 Å². The molecule has 0 aliphatic heterocycles. The summed E-state index contributed by atoms with van der Waals surface area (Å²) < 4.78 is 268. The summed E-state index contributed by atoms with van der Waals surface area (Å²) in [6.45, 7) is 1.48. The summed E-state index contributed by atoms with van der Waals surface area (Å²) in [4.78, 5) is 11.2. The first kappa shape index (κ1) is 37.4. The summed E-state index contributed by atoms with van der Waals surface area (Å²) in [5.41, 5.74) is 0. The quantitative estimate of drug-likeness (QED) is 0.161. The Bertz CT molecular complexity index is 893. The van der Waals surface area contributed by atoms with Crippen molar-refractivity contribution in [3.63, 3.8) is 0 Å². The van der Waals surface area contributed by atoms with E-state index in [4.69, 9.17) is 0 Å². The van der Waals surface area contributed by atoms with Crippen LogP contribution in [0.2, 0.25) is 0 Å². The predicted molar refractivity (Wildman–Crippen MR) is 87.8 cm³/mol. The van der Waals surface area contributed by atoms with Crippen LogP contribution in [0.5, 0.6) is 0 Å². The molecule has 0 heterocycles. The van der Waals surface area contributed by atoms with E-state index in [1.54, 1.807) is 0 Å². The van der Waals surface area contributed by atoms with Crippen molar-refractivity contribution < 1.29 is 92.6 Å². The molecule has 2 nitrogen and oxygen atoms in total. The average Bonchev–Trinajstić information content (AvgIpc) is 2.71. The van der Waals surface area contributed by atoms with Crippen molar-refractivity contribution in [1.29, 1.82) is 0 Å². The fraction of sp³-hybridized carbons (Fsp3) is 0.938. The molecular weight excluding hydrogens is 638 g/mol. The van der Waals surface area contributed by atoms with Gasteiger partial charge in [0.1, 0.15) is 0 Å². The number of alkyl halides is 21. The molecule has 0 spiro atoms. The summed E-state index contributed by atoms with van der Waals surface area (Å²) in [5, 5.41) is -6.30. The van der Waals surface area contributed by atoms with E-state index >= 15 is 0 Å². The smallest absolute Gasteiger partial charge is 0.351 e. The average molecular weight is 650 g/mol. The van der Waals surface area contributed by atoms with Gasteiger partial charge in [-0.2, -0.15) is 87.8 Å². The van der Waals surface area contributed by atoms with Crippen LogP contribution in [-0.4, -0.2) is 71.1 Å². The number of amides is 1. The molecule has 0 atom stereocenters. The Balaban J connectivity index is 6.90.